The van der Waals surface area contributed by atoms with E-state index < -0.39 is 5.97 Å². The highest BCUT2D eigenvalue weighted by molar-refractivity contribution is 7.98. The van der Waals surface area contributed by atoms with Crippen molar-refractivity contribution in [2.75, 3.05) is 6.54 Å². The smallest absolute Gasteiger partial charge is 0.335 e. The number of carboxylic acids is 1. The molecule has 0 aliphatic heterocycles. The van der Waals surface area contributed by atoms with Gasteiger partial charge in [0.25, 0.3) is 0 Å². The van der Waals surface area contributed by atoms with Crippen molar-refractivity contribution < 1.29 is 9.90 Å². The molecule has 1 aromatic heterocycles. The fourth-order valence-corrected chi connectivity index (χ4v) is 2.71. The average molecular weight is 292 g/mol. The van der Waals surface area contributed by atoms with Crippen molar-refractivity contribution in [2.24, 2.45) is 5.73 Å². The van der Waals surface area contributed by atoms with Crippen molar-refractivity contribution in [3.63, 3.8) is 0 Å². The van der Waals surface area contributed by atoms with Crippen LogP contribution < -0.4 is 5.73 Å². The highest BCUT2D eigenvalue weighted by atomic mass is 32.2. The molecule has 0 bridgehead atoms. The number of nitrogens with zero attached hydrogens (tertiary/aromatic N) is 3. The largest absolute Gasteiger partial charge is 0.478 e. The molecule has 0 saturated carbocycles. The first kappa shape index (κ1) is 14.5. The van der Waals surface area contributed by atoms with Gasteiger partial charge in [-0.15, -0.1) is 10.2 Å². The number of nitrogens with two attached hydrogens (primary N) is 1. The first-order chi connectivity index (χ1) is 9.61. The molecule has 6 nitrogen and oxygen atoms in total. The second kappa shape index (κ2) is 6.53. The fourth-order valence-electron chi connectivity index (χ4n) is 1.75. The van der Waals surface area contributed by atoms with Crippen LogP contribution in [0.2, 0.25) is 0 Å². The molecule has 0 aliphatic carbocycles. The molecule has 0 radical (unpaired) electrons. The molecule has 2 aromatic rings. The Hall–Kier alpha value is -1.86. The molecule has 0 fully saturated rings. The van der Waals surface area contributed by atoms with Crippen molar-refractivity contribution in [1.82, 2.24) is 14.8 Å². The Balaban J connectivity index is 2.03. The summed E-state index contributed by atoms with van der Waals surface area (Å²) in [7, 11) is 0. The van der Waals surface area contributed by atoms with Gasteiger partial charge in [-0.3, -0.25) is 0 Å². The van der Waals surface area contributed by atoms with Crippen LogP contribution in [0.15, 0.2) is 29.4 Å². The number of hydrogen-bond donors (Lipinski definition) is 2. The fraction of sp³-hybridized carbons (Fsp3) is 0.308. The zero-order valence-electron chi connectivity index (χ0n) is 11.1. The van der Waals surface area contributed by atoms with Crippen molar-refractivity contribution in [3.05, 3.63) is 41.2 Å². The number of carbonyl (C=O) groups is 1. The first-order valence-corrected chi connectivity index (χ1v) is 7.15. The van der Waals surface area contributed by atoms with Crippen LogP contribution in [-0.2, 0) is 12.3 Å². The van der Waals surface area contributed by atoms with Crippen molar-refractivity contribution in [3.8, 4) is 0 Å². The zero-order valence-corrected chi connectivity index (χ0v) is 11.9. The molecular formula is C13H16N4O2S. The maximum absolute atomic E-state index is 10.8. The summed E-state index contributed by atoms with van der Waals surface area (Å²) in [5, 5.41) is 17.8. The number of aromatic carboxylic acids is 1. The van der Waals surface area contributed by atoms with E-state index in [0.29, 0.717) is 24.4 Å². The molecular weight excluding hydrogens is 276 g/mol. The van der Waals surface area contributed by atoms with Crippen LogP contribution in [0.5, 0.6) is 0 Å². The molecule has 1 heterocycles. The van der Waals surface area contributed by atoms with Crippen LogP contribution in [0.4, 0.5) is 0 Å². The molecule has 1 aromatic carbocycles. The van der Waals surface area contributed by atoms with Crippen LogP contribution in [-0.4, -0.2) is 32.4 Å². The Bertz CT molecular complexity index is 595. The van der Waals surface area contributed by atoms with E-state index in [4.69, 9.17) is 10.8 Å². The van der Waals surface area contributed by atoms with Crippen molar-refractivity contribution >= 4 is 17.7 Å². The molecule has 0 amide bonds. The molecule has 20 heavy (non-hydrogen) atoms. The summed E-state index contributed by atoms with van der Waals surface area (Å²) in [6.45, 7) is 3.13. The average Bonchev–Trinajstić information content (AvgIpc) is 2.79. The lowest BCUT2D eigenvalue weighted by Gasteiger charge is -2.06. The molecule has 0 spiro atoms. The van der Waals surface area contributed by atoms with Gasteiger partial charge in [-0.1, -0.05) is 23.9 Å². The van der Waals surface area contributed by atoms with E-state index in [1.54, 1.807) is 23.9 Å². The highest BCUT2D eigenvalue weighted by Gasteiger charge is 2.09. The SMILES string of the molecule is Cc1nnc(SCc2ccc(C(=O)O)cc2)n1CCN. The maximum Gasteiger partial charge on any atom is 0.335 e. The Labute approximate surface area is 121 Å². The lowest BCUT2D eigenvalue weighted by molar-refractivity contribution is 0.0697. The molecule has 0 aliphatic rings. The standard InChI is InChI=1S/C13H16N4O2S/c1-9-15-16-13(17(9)7-6-14)20-8-10-2-4-11(5-3-10)12(18)19/h2-5H,6-8,14H2,1H3,(H,18,19). The lowest BCUT2D eigenvalue weighted by Crippen LogP contribution is -2.12. The van der Waals surface area contributed by atoms with Crippen LogP contribution >= 0.6 is 11.8 Å². The summed E-state index contributed by atoms with van der Waals surface area (Å²) in [6.07, 6.45) is 0. The monoisotopic (exact) mass is 292 g/mol. The summed E-state index contributed by atoms with van der Waals surface area (Å²) in [5.74, 6) is 0.643. The number of thioether (sulfide) groups is 1. The number of hydrogen-bond acceptors (Lipinski definition) is 5. The highest BCUT2D eigenvalue weighted by Crippen LogP contribution is 2.21. The number of aryl methyl sites for hydroxylation is 1. The molecule has 0 unspecified atom stereocenters. The molecule has 0 atom stereocenters. The number of carboxylic acid groups (broad SMARTS) is 1. The van der Waals surface area contributed by atoms with E-state index in [1.165, 1.54) is 0 Å². The second-order valence-corrected chi connectivity index (χ2v) is 5.20. The van der Waals surface area contributed by atoms with E-state index in [-0.39, 0.29) is 0 Å². The maximum atomic E-state index is 10.8. The quantitative estimate of drug-likeness (QED) is 0.784. The molecule has 106 valence electrons. The molecule has 0 saturated heterocycles. The minimum absolute atomic E-state index is 0.292. The van der Waals surface area contributed by atoms with Crippen LogP contribution in [0, 0.1) is 6.92 Å². The Morgan fingerprint density at radius 3 is 2.65 bits per heavy atom. The van der Waals surface area contributed by atoms with Gasteiger partial charge in [0.2, 0.25) is 0 Å². The van der Waals surface area contributed by atoms with Gasteiger partial charge in [-0.05, 0) is 24.6 Å². The minimum Gasteiger partial charge on any atom is -0.478 e. The molecule has 3 N–H and O–H groups in total. The Morgan fingerprint density at radius 1 is 1.35 bits per heavy atom. The van der Waals surface area contributed by atoms with E-state index in [2.05, 4.69) is 10.2 Å². The third-order valence-electron chi connectivity index (χ3n) is 2.82. The predicted octanol–water partition coefficient (Wildman–Crippen LogP) is 1.54. The van der Waals surface area contributed by atoms with Crippen LogP contribution in [0.25, 0.3) is 0 Å². The summed E-state index contributed by atoms with van der Waals surface area (Å²) in [6, 6.07) is 6.84. The Kier molecular flexibility index (Phi) is 4.75. The molecule has 2 rings (SSSR count). The lowest BCUT2D eigenvalue weighted by atomic mass is 10.1. The number of aromatic nitrogens is 3. The van der Waals surface area contributed by atoms with Crippen LogP contribution in [0.3, 0.4) is 0 Å². The van der Waals surface area contributed by atoms with Gasteiger partial charge in [0, 0.05) is 18.8 Å². The summed E-state index contributed by atoms with van der Waals surface area (Å²) >= 11 is 1.56. The van der Waals surface area contributed by atoms with Crippen molar-refractivity contribution in [2.45, 2.75) is 24.4 Å². The summed E-state index contributed by atoms with van der Waals surface area (Å²) < 4.78 is 1.98. The Morgan fingerprint density at radius 2 is 2.05 bits per heavy atom. The van der Waals surface area contributed by atoms with E-state index in [9.17, 15) is 4.79 Å². The van der Waals surface area contributed by atoms with Gasteiger partial charge >= 0.3 is 5.97 Å². The van der Waals surface area contributed by atoms with Gasteiger partial charge in [0.05, 0.1) is 5.56 Å². The van der Waals surface area contributed by atoms with Gasteiger partial charge < -0.3 is 15.4 Å². The predicted molar refractivity (Wildman–Crippen MR) is 76.8 cm³/mol. The van der Waals surface area contributed by atoms with Gasteiger partial charge in [0.1, 0.15) is 5.82 Å². The van der Waals surface area contributed by atoms with E-state index in [0.717, 1.165) is 16.5 Å². The molecule has 7 heteroatoms. The van der Waals surface area contributed by atoms with Gasteiger partial charge in [-0.2, -0.15) is 0 Å². The van der Waals surface area contributed by atoms with Crippen LogP contribution in [0.1, 0.15) is 21.7 Å². The van der Waals surface area contributed by atoms with Gasteiger partial charge in [0.15, 0.2) is 5.16 Å². The third kappa shape index (κ3) is 3.37. The summed E-state index contributed by atoms with van der Waals surface area (Å²) in [4.78, 5) is 10.8. The summed E-state index contributed by atoms with van der Waals surface area (Å²) in [5.41, 5.74) is 6.90. The van der Waals surface area contributed by atoms with E-state index >= 15 is 0 Å². The number of rotatable bonds is 6. The normalized spacial score (nSPS) is 10.7. The minimum atomic E-state index is -0.914. The number of benzene rings is 1. The topological polar surface area (TPSA) is 94.0 Å². The second-order valence-electron chi connectivity index (χ2n) is 4.26. The first-order valence-electron chi connectivity index (χ1n) is 6.16. The van der Waals surface area contributed by atoms with E-state index in [1.807, 2.05) is 23.6 Å². The zero-order chi connectivity index (χ0) is 14.5. The van der Waals surface area contributed by atoms with Crippen molar-refractivity contribution in [1.29, 1.82) is 0 Å². The van der Waals surface area contributed by atoms with Gasteiger partial charge in [-0.25, -0.2) is 4.79 Å². The third-order valence-corrected chi connectivity index (χ3v) is 3.86.